The standard InChI is InChI=1S/C7H14N2.H4N2/c1-6(2)8-5-9-7(3)4;1-2/h6-7H,1-4H3;1-2H2. The summed E-state index contributed by atoms with van der Waals surface area (Å²) in [6.07, 6.45) is 0. The van der Waals surface area contributed by atoms with Crippen molar-refractivity contribution in [3.8, 4) is 0 Å². The van der Waals surface area contributed by atoms with E-state index in [1.165, 1.54) is 0 Å². The summed E-state index contributed by atoms with van der Waals surface area (Å²) in [5.41, 5.74) is 0. The molecule has 0 aliphatic rings. The summed E-state index contributed by atoms with van der Waals surface area (Å²) in [5, 5.41) is 0. The predicted molar refractivity (Wildman–Crippen MR) is 48.5 cm³/mol. The summed E-state index contributed by atoms with van der Waals surface area (Å²) < 4.78 is 0. The van der Waals surface area contributed by atoms with Gasteiger partial charge in [0.05, 0.1) is 18.1 Å². The number of aliphatic imine (C=N–C) groups is 2. The van der Waals surface area contributed by atoms with Crippen LogP contribution in [0.4, 0.5) is 0 Å². The first-order chi connectivity index (χ1) is 5.13. The molecule has 0 aromatic heterocycles. The van der Waals surface area contributed by atoms with Crippen LogP contribution in [-0.2, 0) is 0 Å². The highest BCUT2D eigenvalue weighted by atomic mass is 15.0. The molecule has 11 heavy (non-hydrogen) atoms. The van der Waals surface area contributed by atoms with Gasteiger partial charge in [0.25, 0.3) is 0 Å². The molecule has 66 valence electrons. The quantitative estimate of drug-likeness (QED) is 0.354. The molecule has 0 saturated carbocycles. The summed E-state index contributed by atoms with van der Waals surface area (Å²) in [6.45, 7) is 8.01. The molecule has 0 rings (SSSR count). The molecule has 4 heteroatoms. The monoisotopic (exact) mass is 158 g/mol. The lowest BCUT2D eigenvalue weighted by molar-refractivity contribution is 0.818. The number of hydrogen-bond donors (Lipinski definition) is 2. The van der Waals surface area contributed by atoms with Gasteiger partial charge >= 0.3 is 0 Å². The van der Waals surface area contributed by atoms with Crippen molar-refractivity contribution >= 4 is 6.01 Å². The summed E-state index contributed by atoms with van der Waals surface area (Å²) >= 11 is 0. The molecule has 0 aromatic rings. The fourth-order valence-electron chi connectivity index (χ4n) is 0.264. The summed E-state index contributed by atoms with van der Waals surface area (Å²) in [7, 11) is 0. The maximum Gasteiger partial charge on any atom is 0.0897 e. The average molecular weight is 158 g/mol. The Kier molecular flexibility index (Phi) is 10.9. The lowest BCUT2D eigenvalue weighted by Gasteiger charge is -1.89. The summed E-state index contributed by atoms with van der Waals surface area (Å²) in [5.74, 6) is 8.00. The lowest BCUT2D eigenvalue weighted by atomic mass is 10.4. The zero-order chi connectivity index (χ0) is 9.28. The molecule has 0 spiro atoms. The van der Waals surface area contributed by atoms with Gasteiger partial charge in [0.2, 0.25) is 0 Å². The van der Waals surface area contributed by atoms with Crippen molar-refractivity contribution in [2.45, 2.75) is 39.8 Å². The molecular formula is C7H18N4. The first kappa shape index (κ1) is 12.9. The maximum atomic E-state index is 4.00. The topological polar surface area (TPSA) is 76.8 Å². The maximum absolute atomic E-state index is 4.00. The van der Waals surface area contributed by atoms with E-state index in [4.69, 9.17) is 0 Å². The van der Waals surface area contributed by atoms with Crippen molar-refractivity contribution in [1.82, 2.24) is 0 Å². The molecular weight excluding hydrogens is 140 g/mol. The third-order valence-corrected chi connectivity index (χ3v) is 0.632. The van der Waals surface area contributed by atoms with Crippen LogP contribution in [0, 0.1) is 0 Å². The minimum absolute atomic E-state index is 0.312. The molecule has 0 fully saturated rings. The van der Waals surface area contributed by atoms with E-state index < -0.39 is 0 Å². The molecule has 0 saturated heterocycles. The minimum Gasteiger partial charge on any atom is -0.274 e. The Bertz CT molecular complexity index is 110. The first-order valence-corrected chi connectivity index (χ1v) is 3.61. The lowest BCUT2D eigenvalue weighted by Crippen LogP contribution is -2.02. The van der Waals surface area contributed by atoms with Crippen LogP contribution in [-0.4, -0.2) is 18.1 Å². The van der Waals surface area contributed by atoms with Crippen molar-refractivity contribution in [3.05, 3.63) is 0 Å². The first-order valence-electron chi connectivity index (χ1n) is 3.61. The molecule has 0 bridgehead atoms. The Hall–Kier alpha value is -0.700. The number of nitrogens with zero attached hydrogens (tertiary/aromatic N) is 2. The van der Waals surface area contributed by atoms with Crippen molar-refractivity contribution in [2.24, 2.45) is 21.7 Å². The van der Waals surface area contributed by atoms with E-state index in [1.807, 2.05) is 27.7 Å². The zero-order valence-electron chi connectivity index (χ0n) is 7.70. The van der Waals surface area contributed by atoms with Crippen LogP contribution in [0.3, 0.4) is 0 Å². The van der Waals surface area contributed by atoms with Gasteiger partial charge in [-0.3, -0.25) is 11.7 Å². The van der Waals surface area contributed by atoms with E-state index >= 15 is 0 Å². The molecule has 0 aliphatic carbocycles. The van der Waals surface area contributed by atoms with Crippen LogP contribution in [0.5, 0.6) is 0 Å². The summed E-state index contributed by atoms with van der Waals surface area (Å²) in [4.78, 5) is 7.90. The average Bonchev–Trinajstić information content (AvgIpc) is 1.90. The van der Waals surface area contributed by atoms with E-state index in [0.717, 1.165) is 0 Å². The SMILES string of the molecule is CC(C)N=C=NC(C)C.NN. The Balaban J connectivity index is 0. The molecule has 0 radical (unpaired) electrons. The molecule has 0 amide bonds. The van der Waals surface area contributed by atoms with Gasteiger partial charge in [-0.05, 0) is 27.7 Å². The Morgan fingerprint density at radius 3 is 1.36 bits per heavy atom. The van der Waals surface area contributed by atoms with Gasteiger partial charge in [0.1, 0.15) is 0 Å². The van der Waals surface area contributed by atoms with Gasteiger partial charge in [-0.1, -0.05) is 0 Å². The van der Waals surface area contributed by atoms with E-state index in [0.29, 0.717) is 12.1 Å². The second kappa shape index (κ2) is 9.30. The fraction of sp³-hybridized carbons (Fsp3) is 0.857. The highest BCUT2D eigenvalue weighted by Gasteiger charge is 1.82. The highest BCUT2D eigenvalue weighted by molar-refractivity contribution is 5.41. The van der Waals surface area contributed by atoms with Crippen molar-refractivity contribution in [3.63, 3.8) is 0 Å². The van der Waals surface area contributed by atoms with Gasteiger partial charge in [-0.2, -0.15) is 0 Å². The van der Waals surface area contributed by atoms with Crippen molar-refractivity contribution in [2.75, 3.05) is 0 Å². The number of rotatable bonds is 2. The molecule has 0 aliphatic heterocycles. The summed E-state index contributed by atoms with van der Waals surface area (Å²) in [6, 6.07) is 3.26. The van der Waals surface area contributed by atoms with E-state index in [-0.39, 0.29) is 0 Å². The van der Waals surface area contributed by atoms with Crippen molar-refractivity contribution in [1.29, 1.82) is 0 Å². The number of hydrazine groups is 1. The molecule has 0 aromatic carbocycles. The normalized spacial score (nSPS) is 8.36. The van der Waals surface area contributed by atoms with E-state index in [2.05, 4.69) is 27.7 Å². The molecule has 0 unspecified atom stereocenters. The highest BCUT2D eigenvalue weighted by Crippen LogP contribution is 1.84. The fourth-order valence-corrected chi connectivity index (χ4v) is 0.264. The third kappa shape index (κ3) is 17.6. The smallest absolute Gasteiger partial charge is 0.0897 e. The van der Waals surface area contributed by atoms with Crippen LogP contribution in [0.15, 0.2) is 9.98 Å². The van der Waals surface area contributed by atoms with Crippen molar-refractivity contribution < 1.29 is 0 Å². The van der Waals surface area contributed by atoms with Gasteiger partial charge in [-0.25, -0.2) is 9.98 Å². The molecule has 0 atom stereocenters. The van der Waals surface area contributed by atoms with Crippen LogP contribution in [0.2, 0.25) is 0 Å². The van der Waals surface area contributed by atoms with E-state index in [9.17, 15) is 0 Å². The largest absolute Gasteiger partial charge is 0.274 e. The zero-order valence-corrected chi connectivity index (χ0v) is 7.70. The van der Waals surface area contributed by atoms with Crippen LogP contribution in [0.1, 0.15) is 27.7 Å². The molecule has 0 heterocycles. The Morgan fingerprint density at radius 1 is 0.909 bits per heavy atom. The van der Waals surface area contributed by atoms with Gasteiger partial charge in [0.15, 0.2) is 0 Å². The van der Waals surface area contributed by atoms with Gasteiger partial charge in [0, 0.05) is 0 Å². The number of hydrogen-bond acceptors (Lipinski definition) is 4. The van der Waals surface area contributed by atoms with Gasteiger partial charge in [-0.15, -0.1) is 0 Å². The Labute approximate surface area is 68.4 Å². The molecule has 4 nitrogen and oxygen atoms in total. The number of nitrogens with two attached hydrogens (primary N) is 2. The second-order valence-electron chi connectivity index (χ2n) is 2.55. The molecule has 4 N–H and O–H groups in total. The van der Waals surface area contributed by atoms with Crippen LogP contribution in [0.25, 0.3) is 0 Å². The van der Waals surface area contributed by atoms with Gasteiger partial charge < -0.3 is 0 Å². The predicted octanol–water partition coefficient (Wildman–Crippen LogP) is 0.796. The third-order valence-electron chi connectivity index (χ3n) is 0.632. The van der Waals surface area contributed by atoms with Crippen LogP contribution < -0.4 is 11.7 Å². The van der Waals surface area contributed by atoms with E-state index in [1.54, 1.807) is 0 Å². The van der Waals surface area contributed by atoms with Crippen LogP contribution >= 0.6 is 0 Å². The Morgan fingerprint density at radius 2 is 1.18 bits per heavy atom. The minimum atomic E-state index is 0.312. The second-order valence-corrected chi connectivity index (χ2v) is 2.55.